The van der Waals surface area contributed by atoms with Gasteiger partial charge in [0.1, 0.15) is 6.23 Å². The van der Waals surface area contributed by atoms with Crippen LogP contribution in [-0.2, 0) is 4.74 Å². The van der Waals surface area contributed by atoms with Gasteiger partial charge in [-0.3, -0.25) is 5.32 Å². The van der Waals surface area contributed by atoms with E-state index in [0.29, 0.717) is 6.04 Å². The molecule has 70 valence electrons. The molecule has 1 N–H and O–H groups in total. The summed E-state index contributed by atoms with van der Waals surface area (Å²) >= 11 is 0. The highest BCUT2D eigenvalue weighted by Crippen LogP contribution is 2.20. The van der Waals surface area contributed by atoms with Crippen molar-refractivity contribution in [1.29, 1.82) is 0 Å². The summed E-state index contributed by atoms with van der Waals surface area (Å²) in [5.41, 5.74) is 1.22. The van der Waals surface area contributed by atoms with Crippen LogP contribution >= 0.6 is 0 Å². The second kappa shape index (κ2) is 3.90. The van der Waals surface area contributed by atoms with Gasteiger partial charge in [0.05, 0.1) is 6.61 Å². The topological polar surface area (TPSA) is 21.3 Å². The maximum absolute atomic E-state index is 5.63. The maximum atomic E-state index is 5.63. The summed E-state index contributed by atoms with van der Waals surface area (Å²) in [6, 6.07) is 10.8. The van der Waals surface area contributed by atoms with Crippen LogP contribution < -0.4 is 5.32 Å². The van der Waals surface area contributed by atoms with Crippen molar-refractivity contribution >= 4 is 0 Å². The molecule has 2 atom stereocenters. The first kappa shape index (κ1) is 8.73. The molecule has 0 amide bonds. The van der Waals surface area contributed by atoms with Gasteiger partial charge in [0.25, 0.3) is 0 Å². The lowest BCUT2D eigenvalue weighted by atomic mass is 10.2. The van der Waals surface area contributed by atoms with Crippen molar-refractivity contribution in [2.24, 2.45) is 0 Å². The van der Waals surface area contributed by atoms with Gasteiger partial charge in [-0.25, -0.2) is 0 Å². The second-order valence-electron chi connectivity index (χ2n) is 3.40. The highest BCUT2D eigenvalue weighted by Gasteiger charge is 2.23. The number of nitrogens with one attached hydrogen (secondary N) is 1. The number of rotatable bonds is 2. The molecule has 13 heavy (non-hydrogen) atoms. The lowest BCUT2D eigenvalue weighted by Crippen LogP contribution is -2.24. The van der Waals surface area contributed by atoms with Crippen LogP contribution in [0.2, 0.25) is 0 Å². The van der Waals surface area contributed by atoms with Crippen molar-refractivity contribution in [1.82, 2.24) is 5.32 Å². The van der Waals surface area contributed by atoms with Crippen LogP contribution in [0.15, 0.2) is 30.3 Å². The fraction of sp³-hybridized carbons (Fsp3) is 0.455. The Morgan fingerprint density at radius 3 is 2.77 bits per heavy atom. The SMILES string of the molecule is CC[C@H]1CO[C@@H](c2ccccc2)N1. The minimum Gasteiger partial charge on any atom is -0.357 e. The highest BCUT2D eigenvalue weighted by molar-refractivity contribution is 5.17. The van der Waals surface area contributed by atoms with E-state index in [9.17, 15) is 0 Å². The Hall–Kier alpha value is -0.860. The van der Waals surface area contributed by atoms with Crippen LogP contribution in [0.5, 0.6) is 0 Å². The predicted octanol–water partition coefficient (Wildman–Crippen LogP) is 2.08. The van der Waals surface area contributed by atoms with Gasteiger partial charge < -0.3 is 4.74 Å². The van der Waals surface area contributed by atoms with Gasteiger partial charge >= 0.3 is 0 Å². The molecule has 1 aliphatic heterocycles. The van der Waals surface area contributed by atoms with Gasteiger partial charge in [-0.05, 0) is 12.0 Å². The highest BCUT2D eigenvalue weighted by atomic mass is 16.5. The van der Waals surface area contributed by atoms with E-state index in [4.69, 9.17) is 4.74 Å². The number of benzene rings is 1. The Kier molecular flexibility index (Phi) is 2.62. The summed E-state index contributed by atoms with van der Waals surface area (Å²) in [6.45, 7) is 3.00. The van der Waals surface area contributed by atoms with Gasteiger partial charge in [0.2, 0.25) is 0 Å². The summed E-state index contributed by atoms with van der Waals surface area (Å²) < 4.78 is 5.63. The first-order chi connectivity index (χ1) is 6.40. The molecule has 1 heterocycles. The molecule has 0 aromatic heterocycles. The number of hydrogen-bond donors (Lipinski definition) is 1. The summed E-state index contributed by atoms with van der Waals surface area (Å²) in [4.78, 5) is 0. The Morgan fingerprint density at radius 1 is 1.38 bits per heavy atom. The average molecular weight is 177 g/mol. The fourth-order valence-electron chi connectivity index (χ4n) is 1.58. The molecule has 1 fully saturated rings. The van der Waals surface area contributed by atoms with Crippen molar-refractivity contribution in [3.63, 3.8) is 0 Å². The molecule has 2 heteroatoms. The standard InChI is InChI=1S/C11H15NO/c1-2-10-8-13-11(12-10)9-6-4-3-5-7-9/h3-7,10-12H,2,8H2,1H3/t10-,11-/m0/s1. The van der Waals surface area contributed by atoms with E-state index in [1.807, 2.05) is 18.2 Å². The van der Waals surface area contributed by atoms with Crippen molar-refractivity contribution in [3.8, 4) is 0 Å². The van der Waals surface area contributed by atoms with E-state index < -0.39 is 0 Å². The van der Waals surface area contributed by atoms with E-state index in [-0.39, 0.29) is 6.23 Å². The summed E-state index contributed by atoms with van der Waals surface area (Å²) in [5, 5.41) is 3.43. The average Bonchev–Trinajstić information content (AvgIpc) is 2.67. The number of hydrogen-bond acceptors (Lipinski definition) is 2. The van der Waals surface area contributed by atoms with Gasteiger partial charge in [-0.2, -0.15) is 0 Å². The van der Waals surface area contributed by atoms with E-state index in [1.165, 1.54) is 5.56 Å². The summed E-state index contributed by atoms with van der Waals surface area (Å²) in [6.07, 6.45) is 1.23. The lowest BCUT2D eigenvalue weighted by molar-refractivity contribution is 0.101. The van der Waals surface area contributed by atoms with E-state index in [1.54, 1.807) is 0 Å². The van der Waals surface area contributed by atoms with E-state index in [0.717, 1.165) is 13.0 Å². The Labute approximate surface area is 78.9 Å². The normalized spacial score (nSPS) is 27.8. The Balaban J connectivity index is 2.04. The third-order valence-corrected chi connectivity index (χ3v) is 2.45. The zero-order chi connectivity index (χ0) is 9.10. The predicted molar refractivity (Wildman–Crippen MR) is 52.3 cm³/mol. The lowest BCUT2D eigenvalue weighted by Gasteiger charge is -2.10. The molecule has 1 aromatic carbocycles. The molecule has 0 spiro atoms. The van der Waals surface area contributed by atoms with Crippen molar-refractivity contribution in [2.75, 3.05) is 6.61 Å². The third-order valence-electron chi connectivity index (χ3n) is 2.45. The molecular weight excluding hydrogens is 162 g/mol. The second-order valence-corrected chi connectivity index (χ2v) is 3.40. The molecule has 0 saturated carbocycles. The van der Waals surface area contributed by atoms with Gasteiger partial charge in [0.15, 0.2) is 0 Å². The van der Waals surface area contributed by atoms with E-state index >= 15 is 0 Å². The van der Waals surface area contributed by atoms with Crippen LogP contribution in [0.25, 0.3) is 0 Å². The molecule has 0 radical (unpaired) electrons. The Bertz CT molecular complexity index is 260. The molecular formula is C11H15NO. The minimum absolute atomic E-state index is 0.103. The van der Waals surface area contributed by atoms with Gasteiger partial charge in [-0.15, -0.1) is 0 Å². The van der Waals surface area contributed by atoms with Crippen molar-refractivity contribution in [3.05, 3.63) is 35.9 Å². The van der Waals surface area contributed by atoms with Gasteiger partial charge in [0, 0.05) is 6.04 Å². The quantitative estimate of drug-likeness (QED) is 0.746. The summed E-state index contributed by atoms with van der Waals surface area (Å²) in [7, 11) is 0. The molecule has 2 rings (SSSR count). The Morgan fingerprint density at radius 2 is 2.15 bits per heavy atom. The summed E-state index contributed by atoms with van der Waals surface area (Å²) in [5.74, 6) is 0. The van der Waals surface area contributed by atoms with Crippen molar-refractivity contribution < 1.29 is 4.74 Å². The zero-order valence-electron chi connectivity index (χ0n) is 7.86. The van der Waals surface area contributed by atoms with Crippen LogP contribution in [-0.4, -0.2) is 12.6 Å². The third kappa shape index (κ3) is 1.90. The first-order valence-corrected chi connectivity index (χ1v) is 4.82. The molecule has 1 saturated heterocycles. The molecule has 0 unspecified atom stereocenters. The molecule has 0 bridgehead atoms. The largest absolute Gasteiger partial charge is 0.357 e. The van der Waals surface area contributed by atoms with Crippen LogP contribution in [0.3, 0.4) is 0 Å². The van der Waals surface area contributed by atoms with E-state index in [2.05, 4.69) is 24.4 Å². The van der Waals surface area contributed by atoms with Crippen LogP contribution in [0.1, 0.15) is 25.1 Å². The van der Waals surface area contributed by atoms with Crippen LogP contribution in [0, 0.1) is 0 Å². The molecule has 1 aliphatic rings. The number of ether oxygens (including phenoxy) is 1. The smallest absolute Gasteiger partial charge is 0.134 e. The minimum atomic E-state index is 0.103. The fourth-order valence-corrected chi connectivity index (χ4v) is 1.58. The first-order valence-electron chi connectivity index (χ1n) is 4.82. The zero-order valence-corrected chi connectivity index (χ0v) is 7.86. The van der Waals surface area contributed by atoms with Crippen LogP contribution in [0.4, 0.5) is 0 Å². The molecule has 0 aliphatic carbocycles. The van der Waals surface area contributed by atoms with Crippen molar-refractivity contribution in [2.45, 2.75) is 25.6 Å². The molecule has 1 aromatic rings. The molecule has 2 nitrogen and oxygen atoms in total. The van der Waals surface area contributed by atoms with Gasteiger partial charge in [-0.1, -0.05) is 37.3 Å². The maximum Gasteiger partial charge on any atom is 0.134 e. The monoisotopic (exact) mass is 177 g/mol.